The molecule has 0 atom stereocenters. The van der Waals surface area contributed by atoms with E-state index in [1.54, 1.807) is 13.0 Å². The molecule has 13 heteroatoms. The van der Waals surface area contributed by atoms with Crippen LogP contribution in [0.3, 0.4) is 0 Å². The van der Waals surface area contributed by atoms with Crippen LogP contribution in [0.5, 0.6) is 11.5 Å². The molecule has 4 aromatic rings. The Labute approximate surface area is 196 Å². The van der Waals surface area contributed by atoms with Gasteiger partial charge in [-0.3, -0.25) is 24.7 Å². The average Bonchev–Trinajstić information content (AvgIpc) is 3.47. The van der Waals surface area contributed by atoms with Crippen molar-refractivity contribution in [3.05, 3.63) is 73.5 Å². The van der Waals surface area contributed by atoms with Crippen LogP contribution in [0.4, 0.5) is 11.5 Å². The summed E-state index contributed by atoms with van der Waals surface area (Å²) in [6.07, 6.45) is 0. The zero-order valence-electron chi connectivity index (χ0n) is 18.2. The molecule has 0 radical (unpaired) electrons. The molecule has 0 aliphatic carbocycles. The van der Waals surface area contributed by atoms with E-state index in [1.807, 2.05) is 17.5 Å². The molecular formula is C21H18N6O6S. The van der Waals surface area contributed by atoms with Gasteiger partial charge in [-0.2, -0.15) is 9.78 Å². The summed E-state index contributed by atoms with van der Waals surface area (Å²) in [5.74, 6) is -0.314. The number of nitrogens with one attached hydrogen (secondary N) is 2. The van der Waals surface area contributed by atoms with Gasteiger partial charge in [-0.25, -0.2) is 4.98 Å². The zero-order valence-corrected chi connectivity index (χ0v) is 19.0. The van der Waals surface area contributed by atoms with Gasteiger partial charge in [-0.1, -0.05) is 6.07 Å². The van der Waals surface area contributed by atoms with Crippen LogP contribution in [0.25, 0.3) is 16.5 Å². The molecule has 0 spiro atoms. The van der Waals surface area contributed by atoms with E-state index in [2.05, 4.69) is 20.4 Å². The average molecular weight is 482 g/mol. The van der Waals surface area contributed by atoms with Gasteiger partial charge in [0.2, 0.25) is 5.95 Å². The standard InChI is InChI=1S/C21H18N6O6S/c1-11-7-19(28)24-21(22-11)26-18(9-13(25-26)17-5-4-6-34-17)23-20(29)12-8-15(32-2)16(33-3)10-14(12)27(30)31/h4-10H,1-3H3,(H,23,29)(H,22,24,28). The summed E-state index contributed by atoms with van der Waals surface area (Å²) in [7, 11) is 2.69. The molecule has 3 heterocycles. The molecular weight excluding hydrogens is 464 g/mol. The third kappa shape index (κ3) is 4.36. The van der Waals surface area contributed by atoms with E-state index in [0.29, 0.717) is 11.4 Å². The fraction of sp³-hybridized carbons (Fsp3) is 0.143. The second-order valence-corrected chi connectivity index (χ2v) is 7.90. The molecule has 1 aromatic carbocycles. The van der Waals surface area contributed by atoms with Crippen LogP contribution in [0.15, 0.2) is 46.6 Å². The van der Waals surface area contributed by atoms with Crippen molar-refractivity contribution in [2.24, 2.45) is 0 Å². The van der Waals surface area contributed by atoms with Crippen molar-refractivity contribution in [2.75, 3.05) is 19.5 Å². The van der Waals surface area contributed by atoms with Crippen LogP contribution in [0.2, 0.25) is 0 Å². The van der Waals surface area contributed by atoms with Crippen LogP contribution in [0.1, 0.15) is 16.1 Å². The summed E-state index contributed by atoms with van der Waals surface area (Å²) in [5, 5.41) is 20.6. The Morgan fingerprint density at radius 2 is 1.94 bits per heavy atom. The molecule has 0 fully saturated rings. The predicted molar refractivity (Wildman–Crippen MR) is 124 cm³/mol. The normalized spacial score (nSPS) is 10.7. The first-order chi connectivity index (χ1) is 16.3. The highest BCUT2D eigenvalue weighted by atomic mass is 32.1. The topological polar surface area (TPSA) is 154 Å². The van der Waals surface area contributed by atoms with Crippen LogP contribution >= 0.6 is 11.3 Å². The van der Waals surface area contributed by atoms with Gasteiger partial charge in [0.05, 0.1) is 30.1 Å². The van der Waals surface area contributed by atoms with Crippen molar-refractivity contribution in [3.63, 3.8) is 0 Å². The minimum Gasteiger partial charge on any atom is -0.493 e. The van der Waals surface area contributed by atoms with E-state index in [4.69, 9.17) is 9.47 Å². The fourth-order valence-corrected chi connectivity index (χ4v) is 3.91. The van der Waals surface area contributed by atoms with Gasteiger partial charge in [0.25, 0.3) is 17.2 Å². The first kappa shape index (κ1) is 22.7. The Bertz CT molecular complexity index is 1440. The number of anilines is 1. The second kappa shape index (κ2) is 9.15. The molecule has 4 rings (SSSR count). The quantitative estimate of drug-likeness (QED) is 0.301. The summed E-state index contributed by atoms with van der Waals surface area (Å²) in [4.78, 5) is 43.8. The number of carbonyl (C=O) groups is 1. The largest absolute Gasteiger partial charge is 0.493 e. The number of nitrogens with zero attached hydrogens (tertiary/aromatic N) is 4. The summed E-state index contributed by atoms with van der Waals surface area (Å²) in [6, 6.07) is 8.92. The number of H-pyrrole nitrogens is 1. The maximum atomic E-state index is 13.2. The van der Waals surface area contributed by atoms with E-state index >= 15 is 0 Å². The van der Waals surface area contributed by atoms with Crippen LogP contribution < -0.4 is 20.3 Å². The lowest BCUT2D eigenvalue weighted by Crippen LogP contribution is -2.19. The van der Waals surface area contributed by atoms with Crippen LogP contribution in [-0.2, 0) is 0 Å². The van der Waals surface area contributed by atoms with Gasteiger partial charge in [-0.15, -0.1) is 11.3 Å². The Hall–Kier alpha value is -4.52. The van der Waals surface area contributed by atoms with Crippen molar-refractivity contribution >= 4 is 28.7 Å². The molecule has 1 amide bonds. The number of nitro groups is 1. The van der Waals surface area contributed by atoms with Crippen molar-refractivity contribution in [2.45, 2.75) is 6.92 Å². The maximum Gasteiger partial charge on any atom is 0.286 e. The number of thiophene rings is 1. The molecule has 0 saturated carbocycles. The SMILES string of the molecule is COc1cc(C(=O)Nc2cc(-c3cccs3)nn2-c2nc(C)cc(=O)[nH]2)c([N+](=O)[O-])cc1OC. The van der Waals surface area contributed by atoms with E-state index in [0.717, 1.165) is 10.9 Å². The lowest BCUT2D eigenvalue weighted by atomic mass is 10.1. The number of aromatic nitrogens is 4. The third-order valence-electron chi connectivity index (χ3n) is 4.73. The highest BCUT2D eigenvalue weighted by molar-refractivity contribution is 7.13. The highest BCUT2D eigenvalue weighted by Crippen LogP contribution is 2.35. The Morgan fingerprint density at radius 3 is 2.56 bits per heavy atom. The molecule has 3 aromatic heterocycles. The highest BCUT2D eigenvalue weighted by Gasteiger charge is 2.26. The number of methoxy groups -OCH3 is 2. The number of hydrogen-bond donors (Lipinski definition) is 2. The molecule has 0 aliphatic heterocycles. The number of benzene rings is 1. The lowest BCUT2D eigenvalue weighted by Gasteiger charge is -2.11. The number of aryl methyl sites for hydroxylation is 1. The van der Waals surface area contributed by atoms with Crippen molar-refractivity contribution in [1.82, 2.24) is 19.7 Å². The van der Waals surface area contributed by atoms with Crippen molar-refractivity contribution < 1.29 is 19.2 Å². The molecule has 0 unspecified atom stereocenters. The molecule has 174 valence electrons. The van der Waals surface area contributed by atoms with Gasteiger partial charge in [-0.05, 0) is 18.4 Å². The molecule has 0 aliphatic rings. The molecule has 12 nitrogen and oxygen atoms in total. The second-order valence-electron chi connectivity index (χ2n) is 6.95. The number of rotatable bonds is 7. The van der Waals surface area contributed by atoms with Crippen molar-refractivity contribution in [3.8, 4) is 28.0 Å². The Kier molecular flexibility index (Phi) is 6.10. The van der Waals surface area contributed by atoms with Gasteiger partial charge in [0.15, 0.2) is 11.5 Å². The maximum absolute atomic E-state index is 13.2. The predicted octanol–water partition coefficient (Wildman–Crippen LogP) is 3.17. The molecule has 34 heavy (non-hydrogen) atoms. The van der Waals surface area contributed by atoms with Gasteiger partial charge < -0.3 is 14.8 Å². The van der Waals surface area contributed by atoms with Gasteiger partial charge in [0, 0.05) is 23.9 Å². The number of amides is 1. The summed E-state index contributed by atoms with van der Waals surface area (Å²) >= 11 is 1.43. The first-order valence-corrected chi connectivity index (χ1v) is 10.6. The lowest BCUT2D eigenvalue weighted by molar-refractivity contribution is -0.385. The van der Waals surface area contributed by atoms with Gasteiger partial charge >= 0.3 is 0 Å². The smallest absolute Gasteiger partial charge is 0.286 e. The number of aromatic amines is 1. The monoisotopic (exact) mass is 482 g/mol. The fourth-order valence-electron chi connectivity index (χ4n) is 3.22. The summed E-state index contributed by atoms with van der Waals surface area (Å²) in [6.45, 7) is 1.65. The minimum atomic E-state index is -0.790. The van der Waals surface area contributed by atoms with Crippen LogP contribution in [0, 0.1) is 17.0 Å². The molecule has 2 N–H and O–H groups in total. The summed E-state index contributed by atoms with van der Waals surface area (Å²) < 4.78 is 11.6. The van der Waals surface area contributed by atoms with Gasteiger partial charge in [0.1, 0.15) is 17.1 Å². The number of ether oxygens (including phenoxy) is 2. The number of carbonyl (C=O) groups excluding carboxylic acids is 1. The first-order valence-electron chi connectivity index (χ1n) is 9.74. The van der Waals surface area contributed by atoms with Crippen LogP contribution in [-0.4, -0.2) is 44.8 Å². The number of hydrogen-bond acceptors (Lipinski definition) is 9. The van der Waals surface area contributed by atoms with E-state index in [1.165, 1.54) is 42.4 Å². The van der Waals surface area contributed by atoms with E-state index in [9.17, 15) is 19.7 Å². The summed E-state index contributed by atoms with van der Waals surface area (Å²) in [5.41, 5.74) is -0.167. The minimum absolute atomic E-state index is 0.0740. The van der Waals surface area contributed by atoms with E-state index in [-0.39, 0.29) is 28.8 Å². The number of nitro benzene ring substituents is 1. The van der Waals surface area contributed by atoms with E-state index < -0.39 is 22.1 Å². The Balaban J connectivity index is 1.82. The zero-order chi connectivity index (χ0) is 24.4. The Morgan fingerprint density at radius 1 is 1.21 bits per heavy atom. The van der Waals surface area contributed by atoms with Crippen molar-refractivity contribution in [1.29, 1.82) is 0 Å². The molecule has 0 saturated heterocycles. The third-order valence-corrected chi connectivity index (χ3v) is 5.62. The molecule has 0 bridgehead atoms.